The van der Waals surface area contributed by atoms with Crippen molar-refractivity contribution in [3.05, 3.63) is 107 Å². The summed E-state index contributed by atoms with van der Waals surface area (Å²) in [6.45, 7) is 3.11. The number of nitriles is 1. The second-order valence-electron chi connectivity index (χ2n) is 11.3. The minimum absolute atomic E-state index is 0.101. The highest BCUT2D eigenvalue weighted by Gasteiger charge is 2.48. The van der Waals surface area contributed by atoms with Crippen LogP contribution in [-0.4, -0.2) is 71.7 Å². The van der Waals surface area contributed by atoms with Gasteiger partial charge >= 0.3 is 0 Å². The maximum absolute atomic E-state index is 15.3. The largest absolute Gasteiger partial charge is 0.495 e. The number of halogens is 2. The number of likely N-dealkylation sites (N-methyl/N-ethyl adjacent to an activating group) is 1. The topological polar surface area (TPSA) is 133 Å². The summed E-state index contributed by atoms with van der Waals surface area (Å²) in [5.41, 5.74) is 0.593. The molecule has 0 aliphatic carbocycles. The zero-order valence-electron chi connectivity index (χ0n) is 25.6. The smallest absolute Gasteiger partial charge is 0.298 e. The zero-order valence-corrected chi connectivity index (χ0v) is 25.6. The van der Waals surface area contributed by atoms with E-state index in [2.05, 4.69) is 15.7 Å². The third-order valence-electron chi connectivity index (χ3n) is 8.41. The summed E-state index contributed by atoms with van der Waals surface area (Å²) in [4.78, 5) is 43.5. The summed E-state index contributed by atoms with van der Waals surface area (Å²) in [6, 6.07) is 18.6. The van der Waals surface area contributed by atoms with E-state index in [0.717, 1.165) is 0 Å². The number of benzene rings is 3. The first-order chi connectivity index (χ1) is 22.7. The Labute approximate surface area is 269 Å². The van der Waals surface area contributed by atoms with E-state index in [1.807, 2.05) is 17.9 Å². The molecule has 2 atom stereocenters. The number of alkyl halides is 2. The number of ether oxygens (including phenoxy) is 1. The second-order valence-corrected chi connectivity index (χ2v) is 11.3. The molecule has 3 heterocycles. The number of methoxy groups -OCH3 is 1. The molecule has 47 heavy (non-hydrogen) atoms. The number of rotatable bonds is 9. The number of aromatic nitrogens is 2. The number of nitrogens with one attached hydrogen (secondary N) is 2. The van der Waals surface area contributed by atoms with Gasteiger partial charge < -0.3 is 20.3 Å². The molecule has 11 nitrogen and oxygen atoms in total. The second kappa shape index (κ2) is 12.6. The predicted octanol–water partition coefficient (Wildman–Crippen LogP) is 4.18. The molecule has 2 N–H and O–H groups in total. The summed E-state index contributed by atoms with van der Waals surface area (Å²) in [5, 5.41) is 19.5. The van der Waals surface area contributed by atoms with Gasteiger partial charge in [-0.25, -0.2) is 0 Å². The van der Waals surface area contributed by atoms with Crippen molar-refractivity contribution < 1.29 is 27.9 Å². The van der Waals surface area contributed by atoms with E-state index in [0.29, 0.717) is 31.1 Å². The van der Waals surface area contributed by atoms with Crippen molar-refractivity contribution in [1.29, 1.82) is 5.26 Å². The predicted molar refractivity (Wildman–Crippen MR) is 169 cm³/mol. The van der Waals surface area contributed by atoms with Crippen molar-refractivity contribution in [2.24, 2.45) is 0 Å². The summed E-state index contributed by atoms with van der Waals surface area (Å²) < 4.78 is 37.4. The number of carbonyl (C=O) groups is 3. The highest BCUT2D eigenvalue weighted by atomic mass is 19.3. The number of nitrogens with zero attached hydrogens (tertiary/aromatic N) is 5. The molecule has 3 aromatic carbocycles. The zero-order chi connectivity index (χ0) is 33.3. The molecule has 0 radical (unpaired) electrons. The Balaban J connectivity index is 1.34. The molecule has 1 aromatic heterocycles. The van der Waals surface area contributed by atoms with Crippen molar-refractivity contribution in [2.45, 2.75) is 24.9 Å². The van der Waals surface area contributed by atoms with Crippen LogP contribution < -0.4 is 20.3 Å². The molecule has 0 bridgehead atoms. The van der Waals surface area contributed by atoms with Crippen LogP contribution in [0.4, 0.5) is 20.2 Å². The number of fused-ring (bicyclic) bond motifs is 3. The first-order valence-corrected chi connectivity index (χ1v) is 15.0. The molecule has 0 saturated carbocycles. The lowest BCUT2D eigenvalue weighted by molar-refractivity contribution is -0.121. The Hall–Kier alpha value is -5.61. The molecular formula is C34H31F2N7O4. The number of carbonyl (C=O) groups excluding carboxylic acids is 3. The summed E-state index contributed by atoms with van der Waals surface area (Å²) in [7, 11) is 1.42. The van der Waals surface area contributed by atoms with E-state index >= 15 is 8.78 Å². The van der Waals surface area contributed by atoms with Crippen LogP contribution in [0.15, 0.2) is 79.0 Å². The number of hydrogen-bond donors (Lipinski definition) is 2. The van der Waals surface area contributed by atoms with Gasteiger partial charge in [0.1, 0.15) is 11.8 Å². The fourth-order valence-corrected chi connectivity index (χ4v) is 6.19. The maximum Gasteiger partial charge on any atom is 0.298 e. The molecule has 6 rings (SSSR count). The van der Waals surface area contributed by atoms with Crippen molar-refractivity contribution >= 4 is 29.1 Å². The van der Waals surface area contributed by atoms with Gasteiger partial charge in [-0.3, -0.25) is 24.0 Å². The van der Waals surface area contributed by atoms with Crippen LogP contribution in [0.5, 0.6) is 5.75 Å². The summed E-state index contributed by atoms with van der Waals surface area (Å²) in [6.07, 6.45) is 1.39. The highest BCUT2D eigenvalue weighted by molar-refractivity contribution is 6.13. The fourth-order valence-electron chi connectivity index (χ4n) is 6.19. The third kappa shape index (κ3) is 5.79. The molecule has 0 spiro atoms. The van der Waals surface area contributed by atoms with Gasteiger partial charge in [0.15, 0.2) is 5.69 Å². The summed E-state index contributed by atoms with van der Waals surface area (Å²) >= 11 is 0. The minimum Gasteiger partial charge on any atom is -0.495 e. The number of likely N-dealkylation sites (tertiary alicyclic amines) is 1. The Kier molecular flexibility index (Phi) is 8.44. The van der Waals surface area contributed by atoms with Crippen molar-refractivity contribution in [3.8, 4) is 11.8 Å². The lowest BCUT2D eigenvalue weighted by Crippen LogP contribution is -2.51. The average Bonchev–Trinajstić information content (AvgIpc) is 3.69. The fraction of sp³-hybridized carbons (Fsp3) is 0.265. The van der Waals surface area contributed by atoms with Gasteiger partial charge in [-0.15, -0.1) is 0 Å². The van der Waals surface area contributed by atoms with Gasteiger partial charge in [0.25, 0.3) is 17.7 Å². The molecule has 2 aliphatic heterocycles. The highest BCUT2D eigenvalue weighted by Crippen LogP contribution is 2.40. The number of amides is 3. The van der Waals surface area contributed by atoms with Crippen molar-refractivity contribution in [3.63, 3.8) is 0 Å². The minimum atomic E-state index is -3.26. The van der Waals surface area contributed by atoms with Gasteiger partial charge in [0.2, 0.25) is 5.91 Å². The van der Waals surface area contributed by atoms with E-state index in [1.54, 1.807) is 22.9 Å². The van der Waals surface area contributed by atoms with E-state index in [-0.39, 0.29) is 46.1 Å². The molecule has 240 valence electrons. The van der Waals surface area contributed by atoms with E-state index < -0.39 is 29.8 Å². The van der Waals surface area contributed by atoms with E-state index in [9.17, 15) is 19.6 Å². The SMILES string of the molecule is CCNC(=O)CN1C[C@H]2[C@H](C1)n1ncc(NC(=O)c3ccc(OC)c(C#N)c3)c1C(=O)N2c1ccc(C(F)(F)c2ccccc2)cc1. The van der Waals surface area contributed by atoms with Gasteiger partial charge in [0, 0.05) is 42.0 Å². The van der Waals surface area contributed by atoms with Crippen LogP contribution >= 0.6 is 0 Å². The van der Waals surface area contributed by atoms with Gasteiger partial charge in [-0.05, 0) is 37.3 Å². The Bertz CT molecular complexity index is 1870. The molecule has 3 amide bonds. The number of hydrogen-bond acceptors (Lipinski definition) is 7. The third-order valence-corrected chi connectivity index (χ3v) is 8.41. The molecule has 1 fully saturated rings. The normalized spacial score (nSPS) is 17.4. The van der Waals surface area contributed by atoms with E-state index in [1.165, 1.54) is 72.8 Å². The first-order valence-electron chi connectivity index (χ1n) is 15.0. The Morgan fingerprint density at radius 1 is 1.04 bits per heavy atom. The van der Waals surface area contributed by atoms with Crippen LogP contribution in [0.25, 0.3) is 0 Å². The monoisotopic (exact) mass is 639 g/mol. The molecule has 4 aromatic rings. The molecule has 0 unspecified atom stereocenters. The lowest BCUT2D eigenvalue weighted by Gasteiger charge is -2.37. The molecule has 2 aliphatic rings. The quantitative estimate of drug-likeness (QED) is 0.281. The van der Waals surface area contributed by atoms with E-state index in [4.69, 9.17) is 4.74 Å². The van der Waals surface area contributed by atoms with Crippen LogP contribution in [0, 0.1) is 11.3 Å². The van der Waals surface area contributed by atoms with Gasteiger partial charge in [-0.2, -0.15) is 19.1 Å². The van der Waals surface area contributed by atoms with Crippen LogP contribution in [0.3, 0.4) is 0 Å². The van der Waals surface area contributed by atoms with Crippen LogP contribution in [-0.2, 0) is 10.7 Å². The standard InChI is InChI=1S/C34H31F2N7O4/c1-3-38-30(44)20-41-18-27-28(19-41)43-31(26(17-39-43)40-32(45)21-9-14-29(47-2)22(15-21)16-37)33(46)42(27)25-12-10-24(11-13-25)34(35,36)23-7-5-4-6-8-23/h4-15,17,27-28H,3,18-20H2,1-2H3,(H,38,44)(H,40,45)/t27-,28-/m0/s1. The molecule has 13 heteroatoms. The Morgan fingerprint density at radius 2 is 1.74 bits per heavy atom. The van der Waals surface area contributed by atoms with Crippen LogP contribution in [0.1, 0.15) is 50.5 Å². The van der Waals surface area contributed by atoms with Gasteiger partial charge in [0.05, 0.1) is 43.2 Å². The first kappa shape index (κ1) is 31.4. The van der Waals surface area contributed by atoms with Crippen LogP contribution in [0.2, 0.25) is 0 Å². The average molecular weight is 640 g/mol. The number of anilines is 2. The lowest BCUT2D eigenvalue weighted by atomic mass is 9.99. The Morgan fingerprint density at radius 3 is 2.43 bits per heavy atom. The van der Waals surface area contributed by atoms with Gasteiger partial charge in [-0.1, -0.05) is 42.5 Å². The van der Waals surface area contributed by atoms with Crippen molar-refractivity contribution in [1.82, 2.24) is 20.0 Å². The molecule has 1 saturated heterocycles. The summed E-state index contributed by atoms with van der Waals surface area (Å²) in [5.74, 6) is -4.17. The molecular weight excluding hydrogens is 608 g/mol. The van der Waals surface area contributed by atoms with Crippen molar-refractivity contribution in [2.75, 3.05) is 43.5 Å². The maximum atomic E-state index is 15.3.